The molecule has 7 heteroatoms. The number of hydrogen-bond donors (Lipinski definition) is 2. The number of carbonyl (C=O) groups is 1. The summed E-state index contributed by atoms with van der Waals surface area (Å²) in [7, 11) is 3.47. The van der Waals surface area contributed by atoms with Crippen LogP contribution in [0.15, 0.2) is 29.3 Å². The van der Waals surface area contributed by atoms with E-state index in [2.05, 4.69) is 34.4 Å². The van der Waals surface area contributed by atoms with Crippen molar-refractivity contribution in [3.8, 4) is 5.75 Å². The van der Waals surface area contributed by atoms with Crippen LogP contribution in [0.1, 0.15) is 26.3 Å². The maximum Gasteiger partial charge on any atom is 0.241 e. The highest BCUT2D eigenvalue weighted by atomic mass is 16.5. The van der Waals surface area contributed by atoms with Gasteiger partial charge in [0.05, 0.1) is 13.1 Å². The lowest BCUT2D eigenvalue weighted by atomic mass is 10.2. The fourth-order valence-corrected chi connectivity index (χ4v) is 2.35. The van der Waals surface area contributed by atoms with E-state index in [0.717, 1.165) is 37.5 Å². The van der Waals surface area contributed by atoms with Crippen LogP contribution in [0.4, 0.5) is 0 Å². The van der Waals surface area contributed by atoms with Crippen molar-refractivity contribution in [1.29, 1.82) is 0 Å². The predicted molar refractivity (Wildman–Crippen MR) is 111 cm³/mol. The standard InChI is InChI=1S/C20H35N5O2/c1-6-21-20(23-16-19(26)24(4)5)22-15-17-9-11-18(12-10-17)27-14-13-25(7-2)8-3/h9-12H,6-8,13-16H2,1-5H3,(H2,21,22,23). The summed E-state index contributed by atoms with van der Waals surface area (Å²) >= 11 is 0. The van der Waals surface area contributed by atoms with Crippen molar-refractivity contribution in [3.63, 3.8) is 0 Å². The Hall–Kier alpha value is -2.28. The second kappa shape index (κ2) is 13.0. The van der Waals surface area contributed by atoms with E-state index in [9.17, 15) is 4.79 Å². The molecule has 0 unspecified atom stereocenters. The van der Waals surface area contributed by atoms with Gasteiger partial charge in [0, 0.05) is 27.2 Å². The molecule has 0 atom stereocenters. The Morgan fingerprint density at radius 2 is 1.74 bits per heavy atom. The van der Waals surface area contributed by atoms with Crippen molar-refractivity contribution in [1.82, 2.24) is 20.4 Å². The highest BCUT2D eigenvalue weighted by Gasteiger charge is 2.05. The van der Waals surface area contributed by atoms with Gasteiger partial charge in [-0.15, -0.1) is 0 Å². The van der Waals surface area contributed by atoms with Crippen LogP contribution in [0.3, 0.4) is 0 Å². The molecule has 7 nitrogen and oxygen atoms in total. The first-order valence-corrected chi connectivity index (χ1v) is 9.66. The van der Waals surface area contributed by atoms with Gasteiger partial charge in [0.15, 0.2) is 5.96 Å². The number of amides is 1. The lowest BCUT2D eigenvalue weighted by Crippen LogP contribution is -2.42. The molecule has 0 fully saturated rings. The first-order valence-electron chi connectivity index (χ1n) is 9.66. The lowest BCUT2D eigenvalue weighted by Gasteiger charge is -2.18. The summed E-state index contributed by atoms with van der Waals surface area (Å²) in [6.45, 7) is 11.5. The quantitative estimate of drug-likeness (QED) is 0.452. The van der Waals surface area contributed by atoms with Gasteiger partial charge in [-0.3, -0.25) is 4.79 Å². The Morgan fingerprint density at radius 1 is 1.07 bits per heavy atom. The number of nitrogens with zero attached hydrogens (tertiary/aromatic N) is 3. The molecule has 0 radical (unpaired) electrons. The predicted octanol–water partition coefficient (Wildman–Crippen LogP) is 1.55. The average molecular weight is 378 g/mol. The molecule has 27 heavy (non-hydrogen) atoms. The molecular formula is C20H35N5O2. The fraction of sp³-hybridized carbons (Fsp3) is 0.600. The molecule has 0 aliphatic heterocycles. The third-order valence-electron chi connectivity index (χ3n) is 4.16. The first-order chi connectivity index (χ1) is 13.0. The molecule has 0 aromatic heterocycles. The molecule has 152 valence electrons. The molecule has 0 heterocycles. The maximum absolute atomic E-state index is 11.7. The number of rotatable bonds is 11. The van der Waals surface area contributed by atoms with Crippen LogP contribution >= 0.6 is 0 Å². The molecule has 0 saturated carbocycles. The number of nitrogens with one attached hydrogen (secondary N) is 2. The molecule has 0 aliphatic carbocycles. The van der Waals surface area contributed by atoms with Gasteiger partial charge in [-0.25, -0.2) is 4.99 Å². The number of ether oxygens (including phenoxy) is 1. The Morgan fingerprint density at radius 3 is 2.30 bits per heavy atom. The van der Waals surface area contributed by atoms with Crippen molar-refractivity contribution in [2.75, 3.05) is 53.4 Å². The van der Waals surface area contributed by atoms with Crippen LogP contribution in [0, 0.1) is 0 Å². The monoisotopic (exact) mass is 377 g/mol. The SMILES string of the molecule is CCNC(=NCc1ccc(OCCN(CC)CC)cc1)NCC(=O)N(C)C. The summed E-state index contributed by atoms with van der Waals surface area (Å²) in [5.74, 6) is 1.51. The zero-order chi connectivity index (χ0) is 20.1. The van der Waals surface area contributed by atoms with Gasteiger partial charge in [-0.2, -0.15) is 0 Å². The Labute approximate surface area is 163 Å². The summed E-state index contributed by atoms with van der Waals surface area (Å²) in [4.78, 5) is 20.1. The fourth-order valence-electron chi connectivity index (χ4n) is 2.35. The number of benzene rings is 1. The molecule has 1 amide bonds. The van der Waals surface area contributed by atoms with Gasteiger partial charge >= 0.3 is 0 Å². The number of carbonyl (C=O) groups excluding carboxylic acids is 1. The van der Waals surface area contributed by atoms with E-state index in [-0.39, 0.29) is 12.5 Å². The number of guanidine groups is 1. The minimum atomic E-state index is 0.00631. The van der Waals surface area contributed by atoms with E-state index in [0.29, 0.717) is 19.1 Å². The Balaban J connectivity index is 2.51. The van der Waals surface area contributed by atoms with Crippen molar-refractivity contribution < 1.29 is 9.53 Å². The van der Waals surface area contributed by atoms with Gasteiger partial charge in [0.2, 0.25) is 5.91 Å². The van der Waals surface area contributed by atoms with E-state index in [1.807, 2.05) is 31.2 Å². The zero-order valence-corrected chi connectivity index (χ0v) is 17.4. The third-order valence-corrected chi connectivity index (χ3v) is 4.16. The Bertz CT molecular complexity index is 568. The van der Waals surface area contributed by atoms with Crippen molar-refractivity contribution >= 4 is 11.9 Å². The summed E-state index contributed by atoms with van der Waals surface area (Å²) in [6, 6.07) is 7.99. The normalized spacial score (nSPS) is 11.4. The largest absolute Gasteiger partial charge is 0.492 e. The maximum atomic E-state index is 11.7. The second-order valence-electron chi connectivity index (χ2n) is 6.36. The van der Waals surface area contributed by atoms with Gasteiger partial charge in [-0.1, -0.05) is 26.0 Å². The van der Waals surface area contributed by atoms with E-state index in [1.165, 1.54) is 0 Å². The molecule has 1 aromatic rings. The summed E-state index contributed by atoms with van der Waals surface area (Å²) < 4.78 is 5.80. The molecule has 1 rings (SSSR count). The topological polar surface area (TPSA) is 69.2 Å². The summed E-state index contributed by atoms with van der Waals surface area (Å²) in [5.41, 5.74) is 1.09. The third kappa shape index (κ3) is 9.28. The molecular weight excluding hydrogens is 342 g/mol. The van der Waals surface area contributed by atoms with Gasteiger partial charge in [0.25, 0.3) is 0 Å². The minimum absolute atomic E-state index is 0.00631. The summed E-state index contributed by atoms with van der Waals surface area (Å²) in [5, 5.41) is 6.20. The van der Waals surface area contributed by atoms with Crippen LogP contribution in [0.25, 0.3) is 0 Å². The van der Waals surface area contributed by atoms with Crippen LogP contribution < -0.4 is 15.4 Å². The van der Waals surface area contributed by atoms with Crippen molar-refractivity contribution in [3.05, 3.63) is 29.8 Å². The first kappa shape index (κ1) is 22.8. The minimum Gasteiger partial charge on any atom is -0.492 e. The van der Waals surface area contributed by atoms with E-state index in [1.54, 1.807) is 19.0 Å². The smallest absolute Gasteiger partial charge is 0.241 e. The summed E-state index contributed by atoms with van der Waals surface area (Å²) in [6.07, 6.45) is 0. The molecule has 0 spiro atoms. The number of aliphatic imine (C=N–C) groups is 1. The molecule has 1 aromatic carbocycles. The second-order valence-corrected chi connectivity index (χ2v) is 6.36. The zero-order valence-electron chi connectivity index (χ0n) is 17.4. The highest BCUT2D eigenvalue weighted by Crippen LogP contribution is 2.13. The van der Waals surface area contributed by atoms with Crippen LogP contribution in [0.2, 0.25) is 0 Å². The molecule has 0 bridgehead atoms. The van der Waals surface area contributed by atoms with Crippen molar-refractivity contribution in [2.45, 2.75) is 27.3 Å². The number of likely N-dealkylation sites (N-methyl/N-ethyl adjacent to an activating group) is 2. The van der Waals surface area contributed by atoms with Crippen molar-refractivity contribution in [2.24, 2.45) is 4.99 Å². The van der Waals surface area contributed by atoms with Crippen LogP contribution in [-0.4, -0.2) is 75.1 Å². The molecule has 0 saturated heterocycles. The highest BCUT2D eigenvalue weighted by molar-refractivity contribution is 5.86. The Kier molecular flexibility index (Phi) is 10.9. The van der Waals surface area contributed by atoms with Crippen LogP contribution in [0.5, 0.6) is 5.75 Å². The van der Waals surface area contributed by atoms with Gasteiger partial charge in [0.1, 0.15) is 12.4 Å². The van der Waals surface area contributed by atoms with E-state index < -0.39 is 0 Å². The van der Waals surface area contributed by atoms with Crippen LogP contribution in [-0.2, 0) is 11.3 Å². The average Bonchev–Trinajstić information content (AvgIpc) is 2.68. The lowest BCUT2D eigenvalue weighted by molar-refractivity contribution is -0.127. The molecule has 0 aliphatic rings. The van der Waals surface area contributed by atoms with E-state index in [4.69, 9.17) is 4.74 Å². The van der Waals surface area contributed by atoms with Gasteiger partial charge in [-0.05, 0) is 37.7 Å². The number of hydrogen-bond acceptors (Lipinski definition) is 4. The van der Waals surface area contributed by atoms with Gasteiger partial charge < -0.3 is 25.2 Å². The molecule has 2 N–H and O–H groups in total. The van der Waals surface area contributed by atoms with E-state index >= 15 is 0 Å².